The Kier molecular flexibility index (Phi) is 6.63. The topological polar surface area (TPSA) is 29.5 Å². The molecule has 2 aromatic carbocycles. The predicted molar refractivity (Wildman–Crippen MR) is 104 cm³/mol. The number of benzene rings is 2. The highest BCUT2D eigenvalue weighted by atomic mass is 16.5. The van der Waals surface area contributed by atoms with Crippen molar-refractivity contribution in [2.24, 2.45) is 0 Å². The van der Waals surface area contributed by atoms with Gasteiger partial charge in [0.15, 0.2) is 0 Å². The van der Waals surface area contributed by atoms with E-state index in [9.17, 15) is 5.11 Å². The van der Waals surface area contributed by atoms with E-state index in [1.807, 2.05) is 12.1 Å². The van der Waals surface area contributed by atoms with Gasteiger partial charge >= 0.3 is 0 Å². The molecule has 0 aliphatic carbocycles. The van der Waals surface area contributed by atoms with Crippen LogP contribution >= 0.6 is 0 Å². The standard InChI is InChI=1S/C22H32NO2/c1-17(2)22-12-11-21(13-18(22)3)25-16-20(24)15-23(4,5)14-19-9-7-6-8-10-19/h6-13,17,20,24H,14-16H2,1-5H3/q+1/t20-/m1/s1. The molecule has 0 aliphatic heterocycles. The Morgan fingerprint density at radius 2 is 1.72 bits per heavy atom. The molecular formula is C22H32NO2+. The third-order valence-corrected chi connectivity index (χ3v) is 4.46. The van der Waals surface area contributed by atoms with E-state index in [2.05, 4.69) is 71.3 Å². The van der Waals surface area contributed by atoms with Crippen LogP contribution in [-0.2, 0) is 6.54 Å². The molecule has 0 heterocycles. The van der Waals surface area contributed by atoms with Gasteiger partial charge in [-0.15, -0.1) is 0 Å². The van der Waals surface area contributed by atoms with E-state index < -0.39 is 6.10 Å². The number of likely N-dealkylation sites (N-methyl/N-ethyl adjacent to an activating group) is 1. The van der Waals surface area contributed by atoms with Gasteiger partial charge in [0.1, 0.15) is 31.5 Å². The summed E-state index contributed by atoms with van der Waals surface area (Å²) in [7, 11) is 4.27. The zero-order valence-corrected chi connectivity index (χ0v) is 16.2. The number of quaternary nitrogens is 1. The maximum atomic E-state index is 10.4. The van der Waals surface area contributed by atoms with E-state index in [1.54, 1.807) is 0 Å². The van der Waals surface area contributed by atoms with Gasteiger partial charge in [-0.25, -0.2) is 0 Å². The van der Waals surface area contributed by atoms with Crippen LogP contribution in [0, 0.1) is 6.92 Å². The molecule has 0 fully saturated rings. The lowest BCUT2D eigenvalue weighted by Crippen LogP contribution is -2.46. The monoisotopic (exact) mass is 342 g/mol. The molecule has 1 N–H and O–H groups in total. The van der Waals surface area contributed by atoms with Gasteiger partial charge in [0.2, 0.25) is 0 Å². The molecule has 0 aromatic heterocycles. The van der Waals surface area contributed by atoms with Crippen molar-refractivity contribution in [2.75, 3.05) is 27.2 Å². The molecule has 25 heavy (non-hydrogen) atoms. The second kappa shape index (κ2) is 8.50. The number of aliphatic hydroxyl groups is 1. The molecular weight excluding hydrogens is 310 g/mol. The van der Waals surface area contributed by atoms with E-state index in [-0.39, 0.29) is 0 Å². The number of hydrogen-bond donors (Lipinski definition) is 1. The van der Waals surface area contributed by atoms with Crippen molar-refractivity contribution < 1.29 is 14.3 Å². The first-order chi connectivity index (χ1) is 11.8. The maximum Gasteiger partial charge on any atom is 0.137 e. The highest BCUT2D eigenvalue weighted by Crippen LogP contribution is 2.23. The minimum atomic E-state index is -0.496. The molecule has 0 bridgehead atoms. The van der Waals surface area contributed by atoms with E-state index in [4.69, 9.17) is 4.74 Å². The van der Waals surface area contributed by atoms with Crippen molar-refractivity contribution in [3.63, 3.8) is 0 Å². The summed E-state index contributed by atoms with van der Waals surface area (Å²) in [6.07, 6.45) is -0.496. The van der Waals surface area contributed by atoms with Crippen LogP contribution in [0.1, 0.15) is 36.5 Å². The van der Waals surface area contributed by atoms with Crippen molar-refractivity contribution in [1.82, 2.24) is 0 Å². The maximum absolute atomic E-state index is 10.4. The minimum absolute atomic E-state index is 0.316. The summed E-state index contributed by atoms with van der Waals surface area (Å²) in [5, 5.41) is 10.4. The van der Waals surface area contributed by atoms with Crippen LogP contribution in [0.15, 0.2) is 48.5 Å². The lowest BCUT2D eigenvalue weighted by atomic mass is 9.98. The number of hydrogen-bond acceptors (Lipinski definition) is 2. The van der Waals surface area contributed by atoms with Gasteiger partial charge in [-0.05, 0) is 36.1 Å². The Balaban J connectivity index is 1.87. The van der Waals surface area contributed by atoms with Gasteiger partial charge in [0.25, 0.3) is 0 Å². The van der Waals surface area contributed by atoms with Crippen LogP contribution in [0.25, 0.3) is 0 Å². The van der Waals surface area contributed by atoms with Crippen molar-refractivity contribution >= 4 is 0 Å². The van der Waals surface area contributed by atoms with Crippen LogP contribution in [0.4, 0.5) is 0 Å². The minimum Gasteiger partial charge on any atom is -0.491 e. The summed E-state index contributed by atoms with van der Waals surface area (Å²) < 4.78 is 6.54. The lowest BCUT2D eigenvalue weighted by molar-refractivity contribution is -0.906. The Hall–Kier alpha value is -1.84. The Morgan fingerprint density at radius 1 is 1.04 bits per heavy atom. The van der Waals surface area contributed by atoms with E-state index in [0.29, 0.717) is 19.1 Å². The first-order valence-electron chi connectivity index (χ1n) is 9.04. The van der Waals surface area contributed by atoms with Crippen LogP contribution < -0.4 is 4.74 Å². The molecule has 0 amide bonds. The zero-order valence-electron chi connectivity index (χ0n) is 16.2. The molecule has 1 atom stereocenters. The van der Waals surface area contributed by atoms with Gasteiger partial charge in [0.05, 0.1) is 14.1 Å². The number of aliphatic hydroxyl groups excluding tert-OH is 1. The van der Waals surface area contributed by atoms with E-state index in [0.717, 1.165) is 16.8 Å². The first kappa shape index (κ1) is 19.5. The fraction of sp³-hybridized carbons (Fsp3) is 0.455. The molecule has 0 radical (unpaired) electrons. The van der Waals surface area contributed by atoms with Crippen molar-refractivity contribution in [2.45, 2.75) is 39.3 Å². The van der Waals surface area contributed by atoms with Gasteiger partial charge in [-0.2, -0.15) is 0 Å². The molecule has 0 aliphatic rings. The SMILES string of the molecule is Cc1cc(OC[C@H](O)C[N+](C)(C)Cc2ccccc2)ccc1C(C)C. The molecule has 3 nitrogen and oxygen atoms in total. The smallest absolute Gasteiger partial charge is 0.137 e. The molecule has 3 heteroatoms. The lowest BCUT2D eigenvalue weighted by Gasteiger charge is -2.32. The summed E-state index contributed by atoms with van der Waals surface area (Å²) in [5.74, 6) is 1.34. The third-order valence-electron chi connectivity index (χ3n) is 4.46. The molecule has 2 aromatic rings. The Morgan fingerprint density at radius 3 is 2.32 bits per heavy atom. The van der Waals surface area contributed by atoms with Crippen LogP contribution in [0.5, 0.6) is 5.75 Å². The summed E-state index contributed by atoms with van der Waals surface area (Å²) in [6, 6.07) is 16.6. The Bertz CT molecular complexity index is 665. The average Bonchev–Trinajstić information content (AvgIpc) is 2.52. The van der Waals surface area contributed by atoms with Gasteiger partial charge in [-0.3, -0.25) is 0 Å². The summed E-state index contributed by atoms with van der Waals surface area (Å²) in [4.78, 5) is 0. The fourth-order valence-electron chi connectivity index (χ4n) is 3.34. The molecule has 0 saturated heterocycles. The van der Waals surface area contributed by atoms with E-state index in [1.165, 1.54) is 16.7 Å². The highest BCUT2D eigenvalue weighted by molar-refractivity contribution is 5.36. The first-order valence-corrected chi connectivity index (χ1v) is 9.04. The van der Waals surface area contributed by atoms with Gasteiger partial charge in [0, 0.05) is 5.56 Å². The molecule has 0 spiro atoms. The van der Waals surface area contributed by atoms with Crippen LogP contribution in [0.2, 0.25) is 0 Å². The summed E-state index contributed by atoms with van der Waals surface area (Å²) in [6.45, 7) is 8.35. The Labute approximate surface area is 152 Å². The predicted octanol–water partition coefficient (Wildman–Crippen LogP) is 4.13. The van der Waals surface area contributed by atoms with Crippen LogP contribution in [0.3, 0.4) is 0 Å². The second-order valence-corrected chi connectivity index (χ2v) is 7.90. The van der Waals surface area contributed by atoms with Gasteiger partial charge in [-0.1, -0.05) is 50.2 Å². The summed E-state index contributed by atoms with van der Waals surface area (Å²) >= 11 is 0. The molecule has 2 rings (SSSR count). The average molecular weight is 343 g/mol. The van der Waals surface area contributed by atoms with Crippen LogP contribution in [-0.4, -0.2) is 42.9 Å². The van der Waals surface area contributed by atoms with E-state index >= 15 is 0 Å². The number of aryl methyl sites for hydroxylation is 1. The van der Waals surface area contributed by atoms with Crippen molar-refractivity contribution in [3.05, 3.63) is 65.2 Å². The normalized spacial score (nSPS) is 13.1. The highest BCUT2D eigenvalue weighted by Gasteiger charge is 2.21. The summed E-state index contributed by atoms with van der Waals surface area (Å²) in [5.41, 5.74) is 3.86. The number of nitrogens with zero attached hydrogens (tertiary/aromatic N) is 1. The second-order valence-electron chi connectivity index (χ2n) is 7.90. The van der Waals surface area contributed by atoms with Gasteiger partial charge < -0.3 is 14.3 Å². The largest absolute Gasteiger partial charge is 0.491 e. The zero-order chi connectivity index (χ0) is 18.4. The molecule has 136 valence electrons. The van der Waals surface area contributed by atoms with Crippen molar-refractivity contribution in [1.29, 1.82) is 0 Å². The third kappa shape index (κ3) is 6.18. The molecule has 0 unspecified atom stereocenters. The molecule has 0 saturated carbocycles. The van der Waals surface area contributed by atoms with Crippen molar-refractivity contribution in [3.8, 4) is 5.75 Å². The fourth-order valence-corrected chi connectivity index (χ4v) is 3.34. The number of ether oxygens (including phenoxy) is 1. The number of rotatable bonds is 8. The quantitative estimate of drug-likeness (QED) is 0.731.